The van der Waals surface area contributed by atoms with Crippen LogP contribution >= 0.6 is 33.7 Å². The minimum Gasteiger partial charge on any atom is -0.0622 e. The van der Waals surface area contributed by atoms with Crippen molar-refractivity contribution in [1.82, 2.24) is 0 Å². The third kappa shape index (κ3) is 11.7. The van der Waals surface area contributed by atoms with Crippen LogP contribution in [0.2, 0.25) is 0 Å². The molecule has 0 nitrogen and oxygen atoms in total. The van der Waals surface area contributed by atoms with Gasteiger partial charge < -0.3 is 0 Å². The average Bonchev–Trinajstić information content (AvgIpc) is 3.32. The van der Waals surface area contributed by atoms with Gasteiger partial charge in [-0.25, -0.2) is 0 Å². The summed E-state index contributed by atoms with van der Waals surface area (Å²) < 4.78 is 0. The zero-order chi connectivity index (χ0) is 39.7. The van der Waals surface area contributed by atoms with Crippen molar-refractivity contribution in [3.63, 3.8) is 0 Å². The quantitative estimate of drug-likeness (QED) is 0.126. The average molecular weight is 1010 g/mol. The van der Waals surface area contributed by atoms with Gasteiger partial charge in [0.15, 0.2) is 0 Å². The van der Waals surface area contributed by atoms with Crippen LogP contribution in [0.3, 0.4) is 0 Å². The van der Waals surface area contributed by atoms with Gasteiger partial charge in [-0.05, 0) is 84.1 Å². The molecule has 0 amide bonds. The first-order chi connectivity index (χ1) is 28.7. The Morgan fingerprint density at radius 1 is 0.220 bits per heavy atom. The van der Waals surface area contributed by atoms with Gasteiger partial charge in [-0.3, -0.25) is 0 Å². The molecule has 0 fully saturated rings. The molecule has 0 bridgehead atoms. The molecule has 9 rings (SSSR count). The van der Waals surface area contributed by atoms with Crippen LogP contribution in [-0.4, -0.2) is 0 Å². The molecule has 0 spiro atoms. The Hall–Kier alpha value is -4.79. The largest absolute Gasteiger partial charge is 0.210 e. The predicted molar refractivity (Wildman–Crippen MR) is 261 cm³/mol. The third-order valence-corrected chi connectivity index (χ3v) is 19.1. The summed E-state index contributed by atoms with van der Waals surface area (Å²) in [6.45, 7) is -2.05. The fourth-order valence-electron chi connectivity index (χ4n) is 6.70. The molecule has 0 aliphatic rings. The molecular weight excluding hydrogens is 969 g/mol. The third-order valence-electron chi connectivity index (χ3n) is 9.42. The maximum Gasteiger partial charge on any atom is 0.210 e. The molecule has 9 aromatic rings. The number of hydrogen-bond donors (Lipinski definition) is 0. The molecule has 0 aliphatic heterocycles. The first-order valence-electron chi connectivity index (χ1n) is 19.4. The molecular formula is C54H45ClIrP3+. The summed E-state index contributed by atoms with van der Waals surface area (Å²) in [5.74, 6) is 0. The van der Waals surface area contributed by atoms with Gasteiger partial charge in [0, 0.05) is 20.1 Å². The molecule has 291 valence electrons. The van der Waals surface area contributed by atoms with Crippen molar-refractivity contribution in [2.24, 2.45) is 0 Å². The Balaban J connectivity index is 0.000000148. The van der Waals surface area contributed by atoms with Crippen molar-refractivity contribution in [1.29, 1.82) is 0 Å². The fourth-order valence-corrected chi connectivity index (χ4v) is 15.0. The van der Waals surface area contributed by atoms with E-state index in [1.54, 1.807) is 0 Å². The summed E-state index contributed by atoms with van der Waals surface area (Å²) >= 11 is 7.23. The second kappa shape index (κ2) is 23.1. The Kier molecular flexibility index (Phi) is 17.2. The normalized spacial score (nSPS) is 10.6. The minimum absolute atomic E-state index is 0. The summed E-state index contributed by atoms with van der Waals surface area (Å²) in [4.78, 5) is 0. The van der Waals surface area contributed by atoms with Crippen molar-refractivity contribution in [3.05, 3.63) is 273 Å². The molecule has 0 N–H and O–H groups in total. The number of rotatable bonds is 9. The van der Waals surface area contributed by atoms with E-state index in [0.717, 1.165) is 0 Å². The fraction of sp³-hybridized carbons (Fsp3) is 0. The van der Waals surface area contributed by atoms with Crippen LogP contribution in [0.1, 0.15) is 0 Å². The first kappa shape index (κ1) is 43.8. The molecule has 1 radical (unpaired) electrons. The maximum absolute atomic E-state index is 7.23. The summed E-state index contributed by atoms with van der Waals surface area (Å²) in [7, 11) is -0.892. The molecule has 0 heterocycles. The molecule has 0 saturated carbocycles. The molecule has 0 unspecified atom stereocenters. The van der Waals surface area contributed by atoms with Crippen LogP contribution in [-0.2, 0) is 20.1 Å². The van der Waals surface area contributed by atoms with E-state index < -0.39 is 22.5 Å². The van der Waals surface area contributed by atoms with Gasteiger partial charge in [0.2, 0.25) is 6.62 Å². The molecule has 5 heteroatoms. The second-order valence-electron chi connectivity index (χ2n) is 13.3. The Morgan fingerprint density at radius 3 is 0.508 bits per heavy atom. The van der Waals surface area contributed by atoms with Gasteiger partial charge in [0.05, 0.1) is 0 Å². The summed E-state index contributed by atoms with van der Waals surface area (Å²) in [5.41, 5.74) is 0. The van der Waals surface area contributed by atoms with E-state index in [9.17, 15) is 0 Å². The van der Waals surface area contributed by atoms with Crippen LogP contribution in [0.5, 0.6) is 0 Å². The predicted octanol–water partition coefficient (Wildman–Crippen LogP) is 11.0. The smallest absolute Gasteiger partial charge is 0.0622 e. The zero-order valence-electron chi connectivity index (χ0n) is 32.5. The van der Waals surface area contributed by atoms with Gasteiger partial charge in [-0.15, -0.1) is 0 Å². The standard InChI is InChI=1S/C18H15ClP.2C18H15P.Ir/c19-20(16-10-4-1-5-11-16,17-12-6-2-7-13-17)18-14-8-3-9-15-18;2*1-4-10-16(11-5-1)19(17-12-6-2-7-13-17)18-14-8-3-9-15-18;/h1-15H;2*1-15H;/q+1;;;. The van der Waals surface area contributed by atoms with E-state index in [4.69, 9.17) is 11.2 Å². The second-order valence-corrected chi connectivity index (χ2v) is 22.0. The summed E-state index contributed by atoms with van der Waals surface area (Å²) in [6.07, 6.45) is 0. The van der Waals surface area contributed by atoms with Gasteiger partial charge >= 0.3 is 0 Å². The number of hydrogen-bond acceptors (Lipinski definition) is 0. The Labute approximate surface area is 372 Å². The molecule has 0 atom stereocenters. The minimum atomic E-state index is -2.05. The van der Waals surface area contributed by atoms with Crippen molar-refractivity contribution >= 4 is 81.4 Å². The zero-order valence-corrected chi connectivity index (χ0v) is 38.4. The maximum atomic E-state index is 7.23. The van der Waals surface area contributed by atoms with E-state index in [1.165, 1.54) is 47.7 Å². The van der Waals surface area contributed by atoms with Crippen molar-refractivity contribution in [2.75, 3.05) is 0 Å². The van der Waals surface area contributed by atoms with E-state index in [-0.39, 0.29) is 20.1 Å². The topological polar surface area (TPSA) is 0 Å². The monoisotopic (exact) mass is 1010 g/mol. The van der Waals surface area contributed by atoms with Crippen LogP contribution in [0.4, 0.5) is 0 Å². The first-order valence-corrected chi connectivity index (χ1v) is 24.8. The van der Waals surface area contributed by atoms with Gasteiger partial charge in [-0.2, -0.15) is 0 Å². The van der Waals surface area contributed by atoms with E-state index >= 15 is 0 Å². The molecule has 59 heavy (non-hydrogen) atoms. The van der Waals surface area contributed by atoms with Crippen molar-refractivity contribution < 1.29 is 20.1 Å². The number of halogens is 1. The van der Waals surface area contributed by atoms with Crippen molar-refractivity contribution in [2.45, 2.75) is 0 Å². The molecule has 0 aliphatic carbocycles. The summed E-state index contributed by atoms with van der Waals surface area (Å²) in [6, 6.07) is 95.8. The van der Waals surface area contributed by atoms with E-state index in [0.29, 0.717) is 0 Å². The molecule has 0 saturated heterocycles. The van der Waals surface area contributed by atoms with Crippen molar-refractivity contribution in [3.8, 4) is 0 Å². The summed E-state index contributed by atoms with van der Waals surface area (Å²) in [5, 5.41) is 12.0. The van der Waals surface area contributed by atoms with Gasteiger partial charge in [0.25, 0.3) is 0 Å². The van der Waals surface area contributed by atoms with E-state index in [1.807, 2.05) is 18.2 Å². The van der Waals surface area contributed by atoms with E-state index in [2.05, 4.69) is 255 Å². The Bertz CT molecular complexity index is 2080. The SMILES string of the molecule is Cl[P+](c1ccccc1)(c1ccccc1)c1ccccc1.[Ir].c1ccc(P(c2ccccc2)c2ccccc2)cc1.c1ccc(P(c2ccccc2)c2ccccc2)cc1. The Morgan fingerprint density at radius 2 is 0.356 bits per heavy atom. The van der Waals surface area contributed by atoms with Gasteiger partial charge in [-0.1, -0.05) is 237 Å². The molecule has 9 aromatic carbocycles. The molecule has 0 aromatic heterocycles. The van der Waals surface area contributed by atoms with Crippen LogP contribution in [0.15, 0.2) is 273 Å². The number of benzene rings is 9. The van der Waals surface area contributed by atoms with Crippen LogP contribution < -0.4 is 47.7 Å². The van der Waals surface area contributed by atoms with Crippen LogP contribution in [0, 0.1) is 0 Å². The van der Waals surface area contributed by atoms with Crippen LogP contribution in [0.25, 0.3) is 0 Å². The van der Waals surface area contributed by atoms with Gasteiger partial charge in [0.1, 0.15) is 27.2 Å².